The summed E-state index contributed by atoms with van der Waals surface area (Å²) < 4.78 is 0. The second kappa shape index (κ2) is 8.78. The molecule has 0 spiro atoms. The lowest BCUT2D eigenvalue weighted by molar-refractivity contribution is -0.137. The molecule has 24 heavy (non-hydrogen) atoms. The van der Waals surface area contributed by atoms with Gasteiger partial charge in [0.2, 0.25) is 5.91 Å². The third kappa shape index (κ3) is 5.81. The van der Waals surface area contributed by atoms with E-state index in [-0.39, 0.29) is 36.9 Å². The first-order valence-corrected chi connectivity index (χ1v) is 8.22. The molecule has 0 saturated heterocycles. The molecule has 126 valence electrons. The summed E-state index contributed by atoms with van der Waals surface area (Å²) in [6.45, 7) is 0.262. The van der Waals surface area contributed by atoms with Crippen molar-refractivity contribution in [1.29, 1.82) is 0 Å². The van der Waals surface area contributed by atoms with Crippen LogP contribution in [0.1, 0.15) is 28.9 Å². The highest BCUT2D eigenvalue weighted by molar-refractivity contribution is 7.14. The van der Waals surface area contributed by atoms with Crippen LogP contribution in [0.2, 0.25) is 0 Å². The molecule has 0 atom stereocenters. The van der Waals surface area contributed by atoms with E-state index in [0.29, 0.717) is 11.6 Å². The molecule has 0 radical (unpaired) electrons. The number of carboxylic acid groups (broad SMARTS) is 1. The third-order valence-electron chi connectivity index (χ3n) is 3.04. The lowest BCUT2D eigenvalue weighted by Crippen LogP contribution is -2.25. The second-order valence-electron chi connectivity index (χ2n) is 5.00. The molecule has 2 amide bonds. The van der Waals surface area contributed by atoms with Gasteiger partial charge in [-0.25, -0.2) is 4.98 Å². The third-order valence-corrected chi connectivity index (χ3v) is 3.80. The van der Waals surface area contributed by atoms with Crippen LogP contribution < -0.4 is 10.6 Å². The van der Waals surface area contributed by atoms with Crippen molar-refractivity contribution in [2.24, 2.45) is 0 Å². The van der Waals surface area contributed by atoms with Gasteiger partial charge in [0, 0.05) is 18.3 Å². The van der Waals surface area contributed by atoms with E-state index in [0.717, 1.165) is 16.9 Å². The minimum absolute atomic E-state index is 0.00185. The minimum atomic E-state index is -0.902. The molecular formula is C16H17N3O4S. The van der Waals surface area contributed by atoms with E-state index in [1.54, 1.807) is 5.38 Å². The molecule has 1 heterocycles. The quantitative estimate of drug-likeness (QED) is 0.632. The van der Waals surface area contributed by atoms with Crippen LogP contribution in [0.25, 0.3) is 0 Å². The summed E-state index contributed by atoms with van der Waals surface area (Å²) >= 11 is 1.16. The molecule has 0 saturated carbocycles. The van der Waals surface area contributed by atoms with E-state index < -0.39 is 5.97 Å². The first-order valence-electron chi connectivity index (χ1n) is 7.34. The van der Waals surface area contributed by atoms with Crippen molar-refractivity contribution in [2.45, 2.75) is 19.3 Å². The fraction of sp³-hybridized carbons (Fsp3) is 0.250. The predicted octanol–water partition coefficient (Wildman–Crippen LogP) is 1.92. The Labute approximate surface area is 142 Å². The number of hydrogen-bond donors (Lipinski definition) is 3. The number of aromatic nitrogens is 1. The largest absolute Gasteiger partial charge is 0.481 e. The highest BCUT2D eigenvalue weighted by Crippen LogP contribution is 2.15. The Morgan fingerprint density at radius 1 is 1.17 bits per heavy atom. The monoisotopic (exact) mass is 347 g/mol. The number of hydrogen-bond acceptors (Lipinski definition) is 5. The maximum absolute atomic E-state index is 11.9. The number of nitrogens with zero attached hydrogens (tertiary/aromatic N) is 1. The van der Waals surface area contributed by atoms with Gasteiger partial charge in [0.05, 0.1) is 6.42 Å². The van der Waals surface area contributed by atoms with Crippen LogP contribution in [0.5, 0.6) is 0 Å². The Morgan fingerprint density at radius 2 is 1.92 bits per heavy atom. The number of nitrogens with one attached hydrogen (secondary N) is 2. The van der Waals surface area contributed by atoms with Crippen LogP contribution in [0, 0.1) is 0 Å². The summed E-state index contributed by atoms with van der Waals surface area (Å²) in [5.41, 5.74) is 1.09. The number of carboxylic acids is 1. The molecule has 3 N–H and O–H groups in total. The van der Waals surface area contributed by atoms with E-state index in [9.17, 15) is 14.4 Å². The van der Waals surface area contributed by atoms with Gasteiger partial charge in [-0.15, -0.1) is 11.3 Å². The van der Waals surface area contributed by atoms with Crippen LogP contribution in [-0.2, 0) is 16.0 Å². The SMILES string of the molecule is O=C(O)CCCNC(=O)c1csc(NC(=O)Cc2ccccc2)n1. The molecule has 0 aliphatic carbocycles. The van der Waals surface area contributed by atoms with E-state index in [4.69, 9.17) is 5.11 Å². The number of rotatable bonds is 8. The van der Waals surface area contributed by atoms with Crippen LogP contribution in [-0.4, -0.2) is 34.4 Å². The zero-order chi connectivity index (χ0) is 17.4. The van der Waals surface area contributed by atoms with Gasteiger partial charge in [-0.2, -0.15) is 0 Å². The molecule has 1 aromatic carbocycles. The van der Waals surface area contributed by atoms with E-state index in [2.05, 4.69) is 15.6 Å². The number of carbonyl (C=O) groups is 3. The molecule has 0 fully saturated rings. The zero-order valence-electron chi connectivity index (χ0n) is 12.8. The van der Waals surface area contributed by atoms with Crippen molar-refractivity contribution in [3.63, 3.8) is 0 Å². The Bertz CT molecular complexity index is 715. The number of aliphatic carboxylic acids is 1. The average molecular weight is 347 g/mol. The van der Waals surface area contributed by atoms with Crippen LogP contribution >= 0.6 is 11.3 Å². The van der Waals surface area contributed by atoms with Crippen molar-refractivity contribution in [1.82, 2.24) is 10.3 Å². The maximum Gasteiger partial charge on any atom is 0.303 e. The maximum atomic E-state index is 11.9. The first kappa shape index (κ1) is 17.6. The van der Waals surface area contributed by atoms with Crippen molar-refractivity contribution < 1.29 is 19.5 Å². The number of amides is 2. The number of thiazole rings is 1. The molecule has 0 aliphatic rings. The Morgan fingerprint density at radius 3 is 2.62 bits per heavy atom. The predicted molar refractivity (Wildman–Crippen MR) is 90.1 cm³/mol. The molecular weight excluding hydrogens is 330 g/mol. The first-order chi connectivity index (χ1) is 11.5. The van der Waals surface area contributed by atoms with Gasteiger partial charge in [0.1, 0.15) is 5.69 Å². The van der Waals surface area contributed by atoms with Gasteiger partial charge in [-0.1, -0.05) is 30.3 Å². The summed E-state index contributed by atoms with van der Waals surface area (Å²) in [5.74, 6) is -1.49. The summed E-state index contributed by atoms with van der Waals surface area (Å²) in [7, 11) is 0. The van der Waals surface area contributed by atoms with E-state index >= 15 is 0 Å². The van der Waals surface area contributed by atoms with E-state index in [1.165, 1.54) is 0 Å². The standard InChI is InChI=1S/C16H17N3O4S/c20-13(9-11-5-2-1-3-6-11)19-16-18-12(10-24-16)15(23)17-8-4-7-14(21)22/h1-3,5-6,10H,4,7-9H2,(H,17,23)(H,21,22)(H,18,19,20). The second-order valence-corrected chi connectivity index (χ2v) is 5.86. The van der Waals surface area contributed by atoms with Gasteiger partial charge >= 0.3 is 5.97 Å². The van der Waals surface area contributed by atoms with Gasteiger partial charge in [-0.3, -0.25) is 14.4 Å². The normalized spacial score (nSPS) is 10.2. The van der Waals surface area contributed by atoms with Gasteiger partial charge in [-0.05, 0) is 12.0 Å². The molecule has 2 rings (SSSR count). The summed E-state index contributed by atoms with van der Waals surface area (Å²) in [4.78, 5) is 38.2. The molecule has 7 nitrogen and oxygen atoms in total. The highest BCUT2D eigenvalue weighted by Gasteiger charge is 2.12. The van der Waals surface area contributed by atoms with Crippen molar-refractivity contribution in [3.05, 3.63) is 47.0 Å². The van der Waals surface area contributed by atoms with Gasteiger partial charge in [0.15, 0.2) is 5.13 Å². The summed E-state index contributed by atoms with van der Waals surface area (Å²) in [6, 6.07) is 9.32. The Kier molecular flexibility index (Phi) is 6.44. The minimum Gasteiger partial charge on any atom is -0.481 e. The topological polar surface area (TPSA) is 108 Å². The van der Waals surface area contributed by atoms with E-state index in [1.807, 2.05) is 30.3 Å². The highest BCUT2D eigenvalue weighted by atomic mass is 32.1. The van der Waals surface area contributed by atoms with Crippen molar-refractivity contribution >= 4 is 34.3 Å². The van der Waals surface area contributed by atoms with Crippen LogP contribution in [0.3, 0.4) is 0 Å². The molecule has 2 aromatic rings. The van der Waals surface area contributed by atoms with Gasteiger partial charge in [0.25, 0.3) is 5.91 Å². The fourth-order valence-electron chi connectivity index (χ4n) is 1.91. The van der Waals surface area contributed by atoms with Gasteiger partial charge < -0.3 is 15.7 Å². The smallest absolute Gasteiger partial charge is 0.303 e. The number of benzene rings is 1. The molecule has 8 heteroatoms. The molecule has 0 unspecified atom stereocenters. The van der Waals surface area contributed by atoms with Crippen LogP contribution in [0.4, 0.5) is 5.13 Å². The van der Waals surface area contributed by atoms with Crippen molar-refractivity contribution in [3.8, 4) is 0 Å². The number of carbonyl (C=O) groups excluding carboxylic acids is 2. The summed E-state index contributed by atoms with van der Waals surface area (Å²) in [5, 5.41) is 15.7. The summed E-state index contributed by atoms with van der Waals surface area (Å²) in [6.07, 6.45) is 0.584. The fourth-order valence-corrected chi connectivity index (χ4v) is 2.62. The van der Waals surface area contributed by atoms with Crippen molar-refractivity contribution in [2.75, 3.05) is 11.9 Å². The average Bonchev–Trinajstić information content (AvgIpc) is 3.00. The molecule has 0 bridgehead atoms. The number of anilines is 1. The lowest BCUT2D eigenvalue weighted by Gasteiger charge is -2.02. The zero-order valence-corrected chi connectivity index (χ0v) is 13.6. The Balaban J connectivity index is 1.80. The molecule has 1 aromatic heterocycles. The van der Waals surface area contributed by atoms with Crippen LogP contribution in [0.15, 0.2) is 35.7 Å². The molecule has 0 aliphatic heterocycles. The lowest BCUT2D eigenvalue weighted by atomic mass is 10.1. The Hall–Kier alpha value is -2.74.